The van der Waals surface area contributed by atoms with Gasteiger partial charge >= 0.3 is 5.97 Å². The van der Waals surface area contributed by atoms with Crippen LogP contribution in [-0.4, -0.2) is 23.8 Å². The van der Waals surface area contributed by atoms with Gasteiger partial charge in [0.2, 0.25) is 0 Å². The van der Waals surface area contributed by atoms with Gasteiger partial charge in [0, 0.05) is 11.3 Å². The first-order valence-corrected chi connectivity index (χ1v) is 4.01. The number of aromatic nitrogens is 1. The zero-order valence-electron chi connectivity index (χ0n) is 7.59. The van der Waals surface area contributed by atoms with E-state index in [9.17, 15) is 9.59 Å². The molecule has 1 rings (SSSR count). The van der Waals surface area contributed by atoms with Gasteiger partial charge in [-0.1, -0.05) is 0 Å². The minimum absolute atomic E-state index is 0.231. The predicted octanol–water partition coefficient (Wildman–Crippen LogP) is 1.31. The summed E-state index contributed by atoms with van der Waals surface area (Å²) in [6, 6.07) is 1.61. The first-order valence-electron chi connectivity index (χ1n) is 4.01. The number of aldehydes is 1. The monoisotopic (exact) mass is 181 g/mol. The second-order valence-corrected chi connectivity index (χ2v) is 2.62. The van der Waals surface area contributed by atoms with Crippen LogP contribution in [0.4, 0.5) is 0 Å². The van der Waals surface area contributed by atoms with Crippen LogP contribution >= 0.6 is 0 Å². The quantitative estimate of drug-likeness (QED) is 0.565. The van der Waals surface area contributed by atoms with Crippen molar-refractivity contribution in [3.63, 3.8) is 0 Å². The molecule has 0 bridgehead atoms. The molecule has 0 aliphatic carbocycles. The Morgan fingerprint density at radius 3 is 2.92 bits per heavy atom. The molecule has 1 aromatic rings. The lowest BCUT2D eigenvalue weighted by Gasteiger charge is -1.98. The number of ether oxygens (including phenoxy) is 1. The largest absolute Gasteiger partial charge is 0.461 e. The highest BCUT2D eigenvalue weighted by atomic mass is 16.5. The predicted molar refractivity (Wildman–Crippen MR) is 46.9 cm³/mol. The Kier molecular flexibility index (Phi) is 2.84. The van der Waals surface area contributed by atoms with Gasteiger partial charge < -0.3 is 9.72 Å². The van der Waals surface area contributed by atoms with Crippen LogP contribution in [0, 0.1) is 6.92 Å². The summed E-state index contributed by atoms with van der Waals surface area (Å²) in [5.41, 5.74) is 1.34. The van der Waals surface area contributed by atoms with Gasteiger partial charge in [0.25, 0.3) is 0 Å². The maximum atomic E-state index is 11.2. The minimum atomic E-state index is -0.488. The zero-order valence-corrected chi connectivity index (χ0v) is 7.59. The molecule has 4 heteroatoms. The van der Waals surface area contributed by atoms with Gasteiger partial charge in [-0.3, -0.25) is 4.79 Å². The summed E-state index contributed by atoms with van der Waals surface area (Å²) in [5.74, 6) is -0.488. The Labute approximate surface area is 75.9 Å². The average molecular weight is 181 g/mol. The van der Waals surface area contributed by atoms with Crippen molar-refractivity contribution in [3.8, 4) is 0 Å². The van der Waals surface area contributed by atoms with E-state index < -0.39 is 5.97 Å². The molecule has 70 valence electrons. The summed E-state index contributed by atoms with van der Waals surface area (Å²) < 4.78 is 4.75. The van der Waals surface area contributed by atoms with E-state index in [4.69, 9.17) is 4.74 Å². The van der Waals surface area contributed by atoms with Crippen molar-refractivity contribution < 1.29 is 14.3 Å². The molecule has 0 fully saturated rings. The summed E-state index contributed by atoms with van der Waals surface area (Å²) >= 11 is 0. The molecule has 0 unspecified atom stereocenters. The van der Waals surface area contributed by atoms with Gasteiger partial charge in [-0.15, -0.1) is 0 Å². The number of hydrogen-bond donors (Lipinski definition) is 1. The molecule has 1 aromatic heterocycles. The minimum Gasteiger partial charge on any atom is -0.461 e. The lowest BCUT2D eigenvalue weighted by atomic mass is 10.2. The number of aryl methyl sites for hydroxylation is 1. The van der Waals surface area contributed by atoms with Gasteiger partial charge in [-0.2, -0.15) is 0 Å². The molecule has 1 heterocycles. The Morgan fingerprint density at radius 1 is 1.69 bits per heavy atom. The average Bonchev–Trinajstić information content (AvgIpc) is 2.47. The van der Waals surface area contributed by atoms with Crippen LogP contribution < -0.4 is 0 Å². The Hall–Kier alpha value is -1.58. The summed E-state index contributed by atoms with van der Waals surface area (Å²) in [7, 11) is 0. The van der Waals surface area contributed by atoms with E-state index in [-0.39, 0.29) is 5.69 Å². The van der Waals surface area contributed by atoms with Crippen LogP contribution in [0.1, 0.15) is 33.5 Å². The molecule has 1 N–H and O–H groups in total. The fourth-order valence-electron chi connectivity index (χ4n) is 1.08. The number of carbonyl (C=O) groups is 2. The standard InChI is InChI=1S/C9H11NO3/c1-3-13-9(12)8-7(5-11)4-6(2)10-8/h4-5,10H,3H2,1-2H3. The molecular formula is C9H11NO3. The first kappa shape index (κ1) is 9.51. The second-order valence-electron chi connectivity index (χ2n) is 2.62. The van der Waals surface area contributed by atoms with Crippen molar-refractivity contribution in [3.05, 3.63) is 23.0 Å². The molecule has 0 aromatic carbocycles. The van der Waals surface area contributed by atoms with Crippen LogP contribution in [0.3, 0.4) is 0 Å². The lowest BCUT2D eigenvalue weighted by Crippen LogP contribution is -2.07. The van der Waals surface area contributed by atoms with Crippen LogP contribution in [0.25, 0.3) is 0 Å². The second kappa shape index (κ2) is 3.89. The Bertz CT molecular complexity index is 328. The number of nitrogens with one attached hydrogen (secondary N) is 1. The molecule has 0 amide bonds. The van der Waals surface area contributed by atoms with E-state index in [0.29, 0.717) is 18.5 Å². The van der Waals surface area contributed by atoms with Crippen LogP contribution in [0.5, 0.6) is 0 Å². The molecule has 0 saturated carbocycles. The van der Waals surface area contributed by atoms with E-state index in [1.54, 1.807) is 19.9 Å². The van der Waals surface area contributed by atoms with Gasteiger partial charge in [-0.25, -0.2) is 4.79 Å². The molecule has 0 atom stereocenters. The molecular weight excluding hydrogens is 170 g/mol. The smallest absolute Gasteiger partial charge is 0.355 e. The Morgan fingerprint density at radius 2 is 2.38 bits per heavy atom. The van der Waals surface area contributed by atoms with Gasteiger partial charge in [0.05, 0.1) is 6.61 Å². The third kappa shape index (κ3) is 1.96. The van der Waals surface area contributed by atoms with Crippen LogP contribution in [-0.2, 0) is 4.74 Å². The summed E-state index contributed by atoms with van der Waals surface area (Å²) in [6.07, 6.45) is 0.635. The third-order valence-electron chi connectivity index (χ3n) is 1.59. The van der Waals surface area contributed by atoms with Gasteiger partial charge in [-0.05, 0) is 19.9 Å². The first-order chi connectivity index (χ1) is 6.19. The number of carbonyl (C=O) groups excluding carboxylic acids is 2. The fraction of sp³-hybridized carbons (Fsp3) is 0.333. The normalized spacial score (nSPS) is 9.69. The van der Waals surface area contributed by atoms with E-state index in [2.05, 4.69) is 4.98 Å². The summed E-state index contributed by atoms with van der Waals surface area (Å²) in [4.78, 5) is 24.5. The number of H-pyrrole nitrogens is 1. The fourth-order valence-corrected chi connectivity index (χ4v) is 1.08. The highest BCUT2D eigenvalue weighted by Gasteiger charge is 2.14. The summed E-state index contributed by atoms with van der Waals surface area (Å²) in [5, 5.41) is 0. The van der Waals surface area contributed by atoms with E-state index >= 15 is 0 Å². The van der Waals surface area contributed by atoms with Gasteiger partial charge in [0.1, 0.15) is 5.69 Å². The number of aromatic amines is 1. The molecule has 0 radical (unpaired) electrons. The topological polar surface area (TPSA) is 59.2 Å². The molecule has 0 aliphatic heterocycles. The van der Waals surface area contributed by atoms with Crippen LogP contribution in [0.15, 0.2) is 6.07 Å². The lowest BCUT2D eigenvalue weighted by molar-refractivity contribution is 0.0518. The summed E-state index contributed by atoms with van der Waals surface area (Å²) in [6.45, 7) is 3.79. The van der Waals surface area contributed by atoms with Crippen molar-refractivity contribution >= 4 is 12.3 Å². The van der Waals surface area contributed by atoms with Gasteiger partial charge in [0.15, 0.2) is 6.29 Å². The van der Waals surface area contributed by atoms with Crippen molar-refractivity contribution in [2.75, 3.05) is 6.61 Å². The molecule has 4 nitrogen and oxygen atoms in total. The Balaban J connectivity index is 2.98. The van der Waals surface area contributed by atoms with Crippen molar-refractivity contribution in [2.24, 2.45) is 0 Å². The molecule has 13 heavy (non-hydrogen) atoms. The number of rotatable bonds is 3. The highest BCUT2D eigenvalue weighted by molar-refractivity contribution is 5.96. The SMILES string of the molecule is CCOC(=O)c1[nH]c(C)cc1C=O. The van der Waals surface area contributed by atoms with E-state index in [1.807, 2.05) is 0 Å². The van der Waals surface area contributed by atoms with E-state index in [0.717, 1.165) is 5.69 Å². The van der Waals surface area contributed by atoms with Crippen molar-refractivity contribution in [1.82, 2.24) is 4.98 Å². The maximum Gasteiger partial charge on any atom is 0.355 e. The van der Waals surface area contributed by atoms with Crippen molar-refractivity contribution in [2.45, 2.75) is 13.8 Å². The highest BCUT2D eigenvalue weighted by Crippen LogP contribution is 2.09. The van der Waals surface area contributed by atoms with Crippen molar-refractivity contribution in [1.29, 1.82) is 0 Å². The third-order valence-corrected chi connectivity index (χ3v) is 1.59. The molecule has 0 aliphatic rings. The number of esters is 1. The maximum absolute atomic E-state index is 11.2. The van der Waals surface area contributed by atoms with E-state index in [1.165, 1.54) is 0 Å². The molecule has 0 saturated heterocycles. The van der Waals surface area contributed by atoms with Crippen LogP contribution in [0.2, 0.25) is 0 Å². The zero-order chi connectivity index (χ0) is 9.84. The molecule has 0 spiro atoms. The number of hydrogen-bond acceptors (Lipinski definition) is 3.